The molecule has 0 aliphatic carbocycles. The molecule has 1 aromatic carbocycles. The molecule has 0 radical (unpaired) electrons. The number of fused-ring (bicyclic) bond motifs is 1. The van der Waals surface area contributed by atoms with Gasteiger partial charge in [-0.25, -0.2) is 8.42 Å². The van der Waals surface area contributed by atoms with E-state index in [0.29, 0.717) is 17.9 Å². The summed E-state index contributed by atoms with van der Waals surface area (Å²) in [6.07, 6.45) is 0.628. The molecular weight excluding hydrogens is 238 g/mol. The Kier molecular flexibility index (Phi) is 3.81. The highest BCUT2D eigenvalue weighted by Crippen LogP contribution is 2.31. The van der Waals surface area contributed by atoms with Gasteiger partial charge in [0.1, 0.15) is 0 Å². The Morgan fingerprint density at radius 3 is 2.94 bits per heavy atom. The fourth-order valence-corrected chi connectivity index (χ4v) is 3.76. The Morgan fingerprint density at radius 2 is 2.18 bits per heavy atom. The fourth-order valence-electron chi connectivity index (χ4n) is 2.14. The Hall–Kier alpha value is -0.910. The highest BCUT2D eigenvalue weighted by molar-refractivity contribution is 7.91. The first-order valence-corrected chi connectivity index (χ1v) is 7.34. The maximum Gasteiger partial charge on any atom is 0.178 e. The summed E-state index contributed by atoms with van der Waals surface area (Å²) >= 11 is 0. The highest BCUT2D eigenvalue weighted by Gasteiger charge is 2.29. The molecule has 1 unspecified atom stereocenters. The van der Waals surface area contributed by atoms with Crippen LogP contribution in [0, 0.1) is 0 Å². The van der Waals surface area contributed by atoms with Crippen LogP contribution in [0.25, 0.3) is 0 Å². The molecule has 1 N–H and O–H groups in total. The average Bonchev–Trinajstić information content (AvgIpc) is 2.33. The van der Waals surface area contributed by atoms with Crippen LogP contribution in [-0.4, -0.2) is 34.4 Å². The molecule has 17 heavy (non-hydrogen) atoms. The Morgan fingerprint density at radius 1 is 1.41 bits per heavy atom. The summed E-state index contributed by atoms with van der Waals surface area (Å²) in [5.41, 5.74) is 0.884. The maximum atomic E-state index is 11.9. The van der Waals surface area contributed by atoms with Gasteiger partial charge < -0.3 is 10.1 Å². The quantitative estimate of drug-likeness (QED) is 0.820. The van der Waals surface area contributed by atoms with E-state index in [1.54, 1.807) is 19.2 Å². The molecule has 0 spiro atoms. The Labute approximate surface area is 102 Å². The maximum absolute atomic E-state index is 11.9. The monoisotopic (exact) mass is 255 g/mol. The molecule has 2 rings (SSSR count). The first kappa shape index (κ1) is 12.5. The zero-order valence-electron chi connectivity index (χ0n) is 9.85. The van der Waals surface area contributed by atoms with Crippen LogP contribution in [0.5, 0.6) is 0 Å². The third-order valence-electron chi connectivity index (χ3n) is 3.00. The molecule has 1 aliphatic rings. The van der Waals surface area contributed by atoms with Gasteiger partial charge in [-0.15, -0.1) is 0 Å². The van der Waals surface area contributed by atoms with Gasteiger partial charge in [0.05, 0.1) is 17.3 Å². The minimum atomic E-state index is -3.08. The van der Waals surface area contributed by atoms with Crippen molar-refractivity contribution >= 4 is 9.84 Å². The van der Waals surface area contributed by atoms with Gasteiger partial charge in [0.2, 0.25) is 0 Å². The van der Waals surface area contributed by atoms with Gasteiger partial charge in [-0.3, -0.25) is 0 Å². The number of benzene rings is 1. The largest absolute Gasteiger partial charge is 0.383 e. The molecule has 0 fully saturated rings. The predicted molar refractivity (Wildman–Crippen MR) is 65.7 cm³/mol. The second-order valence-electron chi connectivity index (χ2n) is 4.14. The van der Waals surface area contributed by atoms with Crippen LogP contribution in [0.15, 0.2) is 29.2 Å². The number of nitrogens with one attached hydrogen (secondary N) is 1. The molecule has 5 heteroatoms. The normalized spacial score (nSPS) is 22.1. The standard InChI is InChI=1S/C12H17NO3S/c1-16-8-7-13-11-6-9-17(14,15)12-5-3-2-4-10(11)12/h2-5,11,13H,6-9H2,1H3. The van der Waals surface area contributed by atoms with E-state index >= 15 is 0 Å². The third kappa shape index (κ3) is 2.68. The van der Waals surface area contributed by atoms with Crippen LogP contribution in [0.4, 0.5) is 0 Å². The summed E-state index contributed by atoms with van der Waals surface area (Å²) in [6, 6.07) is 7.34. The lowest BCUT2D eigenvalue weighted by molar-refractivity contribution is 0.195. The van der Waals surface area contributed by atoms with Gasteiger partial charge in [0.15, 0.2) is 9.84 Å². The van der Waals surface area contributed by atoms with E-state index in [-0.39, 0.29) is 11.8 Å². The van der Waals surface area contributed by atoms with Crippen LogP contribution in [-0.2, 0) is 14.6 Å². The van der Waals surface area contributed by atoms with E-state index < -0.39 is 9.84 Å². The van der Waals surface area contributed by atoms with Gasteiger partial charge >= 0.3 is 0 Å². The van der Waals surface area contributed by atoms with E-state index in [4.69, 9.17) is 4.74 Å². The molecule has 1 aromatic rings. The number of ether oxygens (including phenoxy) is 1. The lowest BCUT2D eigenvalue weighted by atomic mass is 10.0. The molecular formula is C12H17NO3S. The van der Waals surface area contributed by atoms with Crippen LogP contribution < -0.4 is 5.32 Å². The smallest absolute Gasteiger partial charge is 0.178 e. The van der Waals surface area contributed by atoms with E-state index in [1.165, 1.54) is 0 Å². The van der Waals surface area contributed by atoms with Crippen molar-refractivity contribution in [3.8, 4) is 0 Å². The van der Waals surface area contributed by atoms with E-state index in [9.17, 15) is 8.42 Å². The van der Waals surface area contributed by atoms with Crippen LogP contribution in [0.2, 0.25) is 0 Å². The molecule has 94 valence electrons. The predicted octanol–water partition coefficient (Wildman–Crippen LogP) is 1.14. The molecule has 0 saturated heterocycles. The summed E-state index contributed by atoms with van der Waals surface area (Å²) in [5.74, 6) is 0.217. The van der Waals surface area contributed by atoms with Crippen LogP contribution in [0.1, 0.15) is 18.0 Å². The number of methoxy groups -OCH3 is 1. The van der Waals surface area contributed by atoms with Gasteiger partial charge in [-0.05, 0) is 18.1 Å². The highest BCUT2D eigenvalue weighted by atomic mass is 32.2. The average molecular weight is 255 g/mol. The zero-order valence-corrected chi connectivity index (χ0v) is 10.7. The summed E-state index contributed by atoms with van der Waals surface area (Å²) in [5, 5.41) is 3.33. The lowest BCUT2D eigenvalue weighted by Gasteiger charge is -2.26. The van der Waals surface area contributed by atoms with Crippen molar-refractivity contribution in [3.05, 3.63) is 29.8 Å². The van der Waals surface area contributed by atoms with Crippen molar-refractivity contribution in [1.29, 1.82) is 0 Å². The van der Waals surface area contributed by atoms with Crippen LogP contribution in [0.3, 0.4) is 0 Å². The second kappa shape index (κ2) is 5.16. The van der Waals surface area contributed by atoms with Crippen molar-refractivity contribution < 1.29 is 13.2 Å². The number of hydrogen-bond donors (Lipinski definition) is 1. The summed E-state index contributed by atoms with van der Waals surface area (Å²) in [7, 11) is -1.42. The van der Waals surface area contributed by atoms with E-state index in [2.05, 4.69) is 5.32 Å². The summed E-state index contributed by atoms with van der Waals surface area (Å²) < 4.78 is 28.8. The molecule has 0 amide bonds. The van der Waals surface area contributed by atoms with Crippen molar-refractivity contribution in [2.24, 2.45) is 0 Å². The third-order valence-corrected chi connectivity index (χ3v) is 4.82. The second-order valence-corrected chi connectivity index (χ2v) is 6.22. The van der Waals surface area contributed by atoms with E-state index in [1.807, 2.05) is 12.1 Å². The molecule has 4 nitrogen and oxygen atoms in total. The molecule has 1 atom stereocenters. The zero-order chi connectivity index (χ0) is 12.3. The van der Waals surface area contributed by atoms with Gasteiger partial charge in [0.25, 0.3) is 0 Å². The Balaban J connectivity index is 2.23. The SMILES string of the molecule is COCCNC1CCS(=O)(=O)c2ccccc21. The minimum Gasteiger partial charge on any atom is -0.383 e. The molecule has 1 heterocycles. The summed E-state index contributed by atoms with van der Waals surface area (Å²) in [4.78, 5) is 0.473. The molecule has 0 bridgehead atoms. The lowest BCUT2D eigenvalue weighted by Crippen LogP contribution is -2.31. The van der Waals surface area contributed by atoms with Gasteiger partial charge in [-0.2, -0.15) is 0 Å². The van der Waals surface area contributed by atoms with Crippen LogP contribution >= 0.6 is 0 Å². The van der Waals surface area contributed by atoms with Crippen molar-refractivity contribution in [3.63, 3.8) is 0 Å². The first-order valence-electron chi connectivity index (χ1n) is 5.69. The molecule has 0 aromatic heterocycles. The van der Waals surface area contributed by atoms with Crippen molar-refractivity contribution in [2.45, 2.75) is 17.4 Å². The molecule has 1 aliphatic heterocycles. The molecule has 0 saturated carbocycles. The summed E-state index contributed by atoms with van der Waals surface area (Å²) in [6.45, 7) is 1.36. The number of rotatable bonds is 4. The number of sulfone groups is 1. The fraction of sp³-hybridized carbons (Fsp3) is 0.500. The minimum absolute atomic E-state index is 0.116. The van der Waals surface area contributed by atoms with E-state index in [0.717, 1.165) is 12.1 Å². The van der Waals surface area contributed by atoms with Crippen molar-refractivity contribution in [1.82, 2.24) is 5.32 Å². The number of hydrogen-bond acceptors (Lipinski definition) is 4. The van der Waals surface area contributed by atoms with Gasteiger partial charge in [-0.1, -0.05) is 18.2 Å². The first-order chi connectivity index (χ1) is 8.15. The van der Waals surface area contributed by atoms with Crippen molar-refractivity contribution in [2.75, 3.05) is 26.0 Å². The Bertz CT molecular complexity index is 484. The van der Waals surface area contributed by atoms with Gasteiger partial charge in [0, 0.05) is 19.7 Å². The topological polar surface area (TPSA) is 55.4 Å².